The summed E-state index contributed by atoms with van der Waals surface area (Å²) in [6.07, 6.45) is 7.45. The lowest BCUT2D eigenvalue weighted by molar-refractivity contribution is -0.119. The number of nitrogens with zero attached hydrogens (tertiary/aromatic N) is 1. The van der Waals surface area contributed by atoms with Crippen molar-refractivity contribution in [2.24, 2.45) is 16.3 Å². The van der Waals surface area contributed by atoms with E-state index in [4.69, 9.17) is 0 Å². The van der Waals surface area contributed by atoms with Crippen molar-refractivity contribution in [3.05, 3.63) is 0 Å². The van der Waals surface area contributed by atoms with Crippen molar-refractivity contribution in [3.8, 4) is 0 Å². The van der Waals surface area contributed by atoms with Crippen molar-refractivity contribution in [2.75, 3.05) is 19.6 Å². The Morgan fingerprint density at radius 3 is 2.50 bits per heavy atom. The molecule has 126 valence electrons. The van der Waals surface area contributed by atoms with E-state index in [2.05, 4.69) is 41.7 Å². The third-order valence-corrected chi connectivity index (χ3v) is 4.55. The molecule has 2 fully saturated rings. The van der Waals surface area contributed by atoms with Crippen LogP contribution < -0.4 is 16.0 Å². The fraction of sp³-hybridized carbons (Fsp3) is 0.882. The Bertz CT molecular complexity index is 397. The first-order chi connectivity index (χ1) is 10.5. The van der Waals surface area contributed by atoms with E-state index in [0.29, 0.717) is 11.5 Å². The summed E-state index contributed by atoms with van der Waals surface area (Å²) >= 11 is 0. The van der Waals surface area contributed by atoms with E-state index in [1.807, 2.05) is 0 Å². The SMILES string of the molecule is CCNC(=NCC(=O)NC1CC1)NCC1(CC(C)C)CCC1. The molecule has 0 aromatic carbocycles. The Morgan fingerprint density at radius 1 is 1.27 bits per heavy atom. The summed E-state index contributed by atoms with van der Waals surface area (Å²) in [6, 6.07) is 0.405. The van der Waals surface area contributed by atoms with E-state index >= 15 is 0 Å². The number of amides is 1. The summed E-state index contributed by atoms with van der Waals surface area (Å²) < 4.78 is 0. The fourth-order valence-electron chi connectivity index (χ4n) is 3.26. The van der Waals surface area contributed by atoms with Crippen LogP contribution in [0.5, 0.6) is 0 Å². The van der Waals surface area contributed by atoms with Gasteiger partial charge in [0, 0.05) is 19.1 Å². The molecule has 0 aromatic rings. The van der Waals surface area contributed by atoms with E-state index in [1.165, 1.54) is 25.7 Å². The molecule has 0 bridgehead atoms. The molecule has 0 aromatic heterocycles. The molecule has 0 spiro atoms. The van der Waals surface area contributed by atoms with Crippen LogP contribution in [0.1, 0.15) is 59.3 Å². The molecule has 2 aliphatic rings. The number of hydrogen-bond acceptors (Lipinski definition) is 2. The van der Waals surface area contributed by atoms with E-state index in [0.717, 1.165) is 37.8 Å². The van der Waals surface area contributed by atoms with Crippen LogP contribution in [-0.2, 0) is 4.79 Å². The maximum Gasteiger partial charge on any atom is 0.242 e. The predicted octanol–water partition coefficient (Wildman–Crippen LogP) is 2.04. The zero-order valence-electron chi connectivity index (χ0n) is 14.4. The van der Waals surface area contributed by atoms with Gasteiger partial charge in [0.15, 0.2) is 5.96 Å². The monoisotopic (exact) mass is 308 g/mol. The zero-order valence-corrected chi connectivity index (χ0v) is 14.4. The highest BCUT2D eigenvalue weighted by Gasteiger charge is 2.37. The van der Waals surface area contributed by atoms with E-state index < -0.39 is 0 Å². The lowest BCUT2D eigenvalue weighted by Gasteiger charge is -2.43. The normalized spacial score (nSPS) is 20.5. The minimum atomic E-state index is 0.0280. The van der Waals surface area contributed by atoms with Crippen molar-refractivity contribution in [2.45, 2.75) is 65.3 Å². The number of carbonyl (C=O) groups is 1. The summed E-state index contributed by atoms with van der Waals surface area (Å²) in [5.41, 5.74) is 0.431. The minimum absolute atomic E-state index is 0.0280. The molecule has 0 aliphatic heterocycles. The first-order valence-electron chi connectivity index (χ1n) is 8.84. The Balaban J connectivity index is 1.80. The number of nitrogens with one attached hydrogen (secondary N) is 3. The summed E-state index contributed by atoms with van der Waals surface area (Å²) in [5.74, 6) is 1.52. The number of hydrogen-bond donors (Lipinski definition) is 3. The molecule has 2 saturated carbocycles. The molecule has 0 radical (unpaired) electrons. The molecule has 2 rings (SSSR count). The van der Waals surface area contributed by atoms with Gasteiger partial charge in [-0.25, -0.2) is 4.99 Å². The first kappa shape index (κ1) is 17.1. The third kappa shape index (κ3) is 5.50. The average molecular weight is 308 g/mol. The predicted molar refractivity (Wildman–Crippen MR) is 90.9 cm³/mol. The molecule has 1 amide bonds. The Hall–Kier alpha value is -1.26. The molecule has 5 heteroatoms. The smallest absolute Gasteiger partial charge is 0.242 e. The van der Waals surface area contributed by atoms with Crippen molar-refractivity contribution >= 4 is 11.9 Å². The minimum Gasteiger partial charge on any atom is -0.357 e. The molecule has 0 saturated heterocycles. The van der Waals surface area contributed by atoms with Gasteiger partial charge in [0.25, 0.3) is 0 Å². The van der Waals surface area contributed by atoms with E-state index in [-0.39, 0.29) is 12.5 Å². The van der Waals surface area contributed by atoms with Crippen LogP contribution in [0.3, 0.4) is 0 Å². The summed E-state index contributed by atoms with van der Waals surface area (Å²) in [5, 5.41) is 9.66. The van der Waals surface area contributed by atoms with Crippen LogP contribution in [0.25, 0.3) is 0 Å². The van der Waals surface area contributed by atoms with Gasteiger partial charge < -0.3 is 16.0 Å². The lowest BCUT2D eigenvalue weighted by atomic mass is 9.64. The Morgan fingerprint density at radius 2 is 2.00 bits per heavy atom. The Kier molecular flexibility index (Phi) is 6.09. The van der Waals surface area contributed by atoms with Gasteiger partial charge in [0.2, 0.25) is 5.91 Å². The molecule has 22 heavy (non-hydrogen) atoms. The van der Waals surface area contributed by atoms with Gasteiger partial charge in [-0.3, -0.25) is 4.79 Å². The van der Waals surface area contributed by atoms with Crippen molar-refractivity contribution in [1.29, 1.82) is 0 Å². The number of aliphatic imine (C=N–C) groups is 1. The zero-order chi connectivity index (χ0) is 16.0. The molecule has 0 unspecified atom stereocenters. The van der Waals surface area contributed by atoms with Crippen LogP contribution >= 0.6 is 0 Å². The number of rotatable bonds is 8. The molecule has 3 N–H and O–H groups in total. The molecule has 0 atom stereocenters. The standard InChI is InChI=1S/C17H32N4O/c1-4-18-16(19-11-15(22)21-14-6-7-14)20-12-17(8-5-9-17)10-13(2)3/h13-14H,4-12H2,1-3H3,(H,21,22)(H2,18,19,20). The largest absolute Gasteiger partial charge is 0.357 e. The lowest BCUT2D eigenvalue weighted by Crippen LogP contribution is -2.47. The van der Waals surface area contributed by atoms with Crippen molar-refractivity contribution < 1.29 is 4.79 Å². The quantitative estimate of drug-likeness (QED) is 0.475. The molecular formula is C17H32N4O. The number of carbonyl (C=O) groups excluding carboxylic acids is 1. The van der Waals surface area contributed by atoms with Gasteiger partial charge in [0.05, 0.1) is 0 Å². The third-order valence-electron chi connectivity index (χ3n) is 4.55. The molecular weight excluding hydrogens is 276 g/mol. The van der Waals surface area contributed by atoms with Gasteiger partial charge in [-0.2, -0.15) is 0 Å². The van der Waals surface area contributed by atoms with Crippen LogP contribution in [0.15, 0.2) is 4.99 Å². The highest BCUT2D eigenvalue weighted by molar-refractivity contribution is 5.85. The van der Waals surface area contributed by atoms with Crippen molar-refractivity contribution in [1.82, 2.24) is 16.0 Å². The van der Waals surface area contributed by atoms with Crippen LogP contribution in [0, 0.1) is 11.3 Å². The van der Waals surface area contributed by atoms with Gasteiger partial charge in [-0.15, -0.1) is 0 Å². The van der Waals surface area contributed by atoms with Crippen LogP contribution in [-0.4, -0.2) is 37.5 Å². The van der Waals surface area contributed by atoms with Gasteiger partial charge in [-0.1, -0.05) is 20.3 Å². The van der Waals surface area contributed by atoms with Gasteiger partial charge in [-0.05, 0) is 50.4 Å². The van der Waals surface area contributed by atoms with Crippen LogP contribution in [0.2, 0.25) is 0 Å². The number of guanidine groups is 1. The highest BCUT2D eigenvalue weighted by atomic mass is 16.2. The first-order valence-corrected chi connectivity index (χ1v) is 8.84. The van der Waals surface area contributed by atoms with Gasteiger partial charge >= 0.3 is 0 Å². The maximum atomic E-state index is 11.7. The van der Waals surface area contributed by atoms with E-state index in [9.17, 15) is 4.79 Å². The second-order valence-corrected chi connectivity index (χ2v) is 7.34. The highest BCUT2D eigenvalue weighted by Crippen LogP contribution is 2.45. The van der Waals surface area contributed by atoms with Gasteiger partial charge in [0.1, 0.15) is 6.54 Å². The van der Waals surface area contributed by atoms with E-state index in [1.54, 1.807) is 0 Å². The second-order valence-electron chi connectivity index (χ2n) is 7.34. The summed E-state index contributed by atoms with van der Waals surface area (Å²) in [4.78, 5) is 16.2. The molecule has 5 nitrogen and oxygen atoms in total. The topological polar surface area (TPSA) is 65.5 Å². The summed E-state index contributed by atoms with van der Waals surface area (Å²) in [6.45, 7) is 8.62. The van der Waals surface area contributed by atoms with Crippen LogP contribution in [0.4, 0.5) is 0 Å². The summed E-state index contributed by atoms with van der Waals surface area (Å²) in [7, 11) is 0. The molecule has 0 heterocycles. The molecule has 2 aliphatic carbocycles. The maximum absolute atomic E-state index is 11.7. The Labute approximate surface area is 134 Å². The average Bonchev–Trinajstić information content (AvgIpc) is 3.22. The van der Waals surface area contributed by atoms with Crippen molar-refractivity contribution in [3.63, 3.8) is 0 Å². The second kappa shape index (κ2) is 7.84. The fourth-order valence-corrected chi connectivity index (χ4v) is 3.26.